The fourth-order valence-electron chi connectivity index (χ4n) is 5.08. The Morgan fingerprint density at radius 1 is 1.11 bits per heavy atom. The van der Waals surface area contributed by atoms with Crippen molar-refractivity contribution in [1.29, 1.82) is 0 Å². The minimum Gasteiger partial charge on any atom is -0.453 e. The van der Waals surface area contributed by atoms with Gasteiger partial charge in [0.1, 0.15) is 6.04 Å². The second-order valence-electron chi connectivity index (χ2n) is 11.6. The second-order valence-corrected chi connectivity index (χ2v) is 11.6. The Morgan fingerprint density at radius 2 is 1.76 bits per heavy atom. The lowest BCUT2D eigenvalue weighted by atomic mass is 9.78. The molecule has 3 heterocycles. The minimum absolute atomic E-state index is 0.0594. The lowest BCUT2D eigenvalue weighted by molar-refractivity contribution is -0.136. The molecule has 200 valence electrons. The van der Waals surface area contributed by atoms with E-state index in [1.165, 1.54) is 7.11 Å². The van der Waals surface area contributed by atoms with Crippen molar-refractivity contribution in [2.75, 3.05) is 13.7 Å². The maximum Gasteiger partial charge on any atom is 0.494 e. The Morgan fingerprint density at radius 3 is 2.35 bits per heavy atom. The summed E-state index contributed by atoms with van der Waals surface area (Å²) in [5.74, 6) is -0.135. The van der Waals surface area contributed by atoms with Gasteiger partial charge in [0, 0.05) is 24.9 Å². The van der Waals surface area contributed by atoms with Crippen molar-refractivity contribution in [1.82, 2.24) is 10.2 Å². The van der Waals surface area contributed by atoms with E-state index in [1.54, 1.807) is 0 Å². The van der Waals surface area contributed by atoms with E-state index >= 15 is 0 Å². The van der Waals surface area contributed by atoms with Crippen LogP contribution in [0.25, 0.3) is 5.57 Å². The summed E-state index contributed by atoms with van der Waals surface area (Å²) >= 11 is 0. The Balaban J connectivity index is 1.43. The zero-order chi connectivity index (χ0) is 27.0. The third-order valence-corrected chi connectivity index (χ3v) is 8.13. The van der Waals surface area contributed by atoms with Gasteiger partial charge >= 0.3 is 13.2 Å². The number of hydrogen-bond donors (Lipinski definition) is 1. The summed E-state index contributed by atoms with van der Waals surface area (Å²) in [7, 11) is 0.918. The quantitative estimate of drug-likeness (QED) is 0.587. The van der Waals surface area contributed by atoms with Gasteiger partial charge in [-0.1, -0.05) is 38.1 Å². The van der Waals surface area contributed by atoms with Crippen LogP contribution in [-0.2, 0) is 18.8 Å². The van der Waals surface area contributed by atoms with Crippen LogP contribution in [0.15, 0.2) is 35.5 Å². The van der Waals surface area contributed by atoms with E-state index in [2.05, 4.69) is 57.3 Å². The molecule has 2 saturated heterocycles. The van der Waals surface area contributed by atoms with Gasteiger partial charge in [0.15, 0.2) is 0 Å². The number of allylic oxidation sites excluding steroid dienone is 1. The van der Waals surface area contributed by atoms with E-state index in [-0.39, 0.29) is 29.1 Å². The molecule has 0 saturated carbocycles. The summed E-state index contributed by atoms with van der Waals surface area (Å²) in [6, 6.07) is 7.58. The Labute approximate surface area is 221 Å². The van der Waals surface area contributed by atoms with E-state index in [0.29, 0.717) is 13.0 Å². The third-order valence-electron chi connectivity index (χ3n) is 8.13. The molecular formula is C28H40BN3O5. The van der Waals surface area contributed by atoms with Crippen molar-refractivity contribution in [2.24, 2.45) is 10.9 Å². The maximum atomic E-state index is 13.5. The molecule has 4 rings (SSSR count). The first-order chi connectivity index (χ1) is 17.4. The van der Waals surface area contributed by atoms with E-state index in [1.807, 2.05) is 24.9 Å². The third kappa shape index (κ3) is 5.62. The first-order valence-electron chi connectivity index (χ1n) is 13.3. The van der Waals surface area contributed by atoms with Crippen LogP contribution in [-0.4, -0.2) is 66.7 Å². The van der Waals surface area contributed by atoms with Gasteiger partial charge in [-0.3, -0.25) is 9.79 Å². The average Bonchev–Trinajstić information content (AvgIpc) is 3.44. The van der Waals surface area contributed by atoms with E-state index < -0.39 is 19.3 Å². The number of likely N-dealkylation sites (tertiary alicyclic amines) is 1. The van der Waals surface area contributed by atoms with Crippen molar-refractivity contribution >= 4 is 35.9 Å². The van der Waals surface area contributed by atoms with Crippen LogP contribution >= 0.6 is 0 Å². The number of amides is 2. The predicted molar refractivity (Wildman–Crippen MR) is 146 cm³/mol. The fraction of sp³-hybridized carbons (Fsp3) is 0.607. The minimum atomic E-state index is -0.634. The number of carbonyl (C=O) groups excluding carboxylic acids is 2. The van der Waals surface area contributed by atoms with E-state index in [0.717, 1.165) is 41.6 Å². The van der Waals surface area contributed by atoms with Crippen LogP contribution < -0.4 is 10.8 Å². The number of carbonyl (C=O) groups is 2. The molecule has 0 spiro atoms. The average molecular weight is 509 g/mol. The predicted octanol–water partition coefficient (Wildman–Crippen LogP) is 3.93. The summed E-state index contributed by atoms with van der Waals surface area (Å²) in [5.41, 5.74) is 3.46. The number of methoxy groups -OCH3 is 1. The number of alkyl carbamates (subject to hydrolysis) is 1. The lowest BCUT2D eigenvalue weighted by Crippen LogP contribution is -2.56. The molecule has 1 aromatic carbocycles. The number of piperidine rings is 1. The number of nitrogens with one attached hydrogen (secondary N) is 1. The topological polar surface area (TPSA) is 89.5 Å². The molecule has 2 atom stereocenters. The number of aliphatic imine (C=N–C) groups is 1. The molecule has 0 bridgehead atoms. The van der Waals surface area contributed by atoms with Crippen LogP contribution in [0.2, 0.25) is 0 Å². The normalized spacial score (nSPS) is 23.5. The molecule has 8 nitrogen and oxygen atoms in total. The standard InChI is InChI=1S/C28H40BN3O5/c1-18(2)24(31-26(34)35-7)25(33)32-15-9-8-10-23(32)22-16-20(17-30-22)19-11-13-21(14-12-19)29-36-27(3,4)28(5,6)37-29/h11-14,17-18,23-24H,8-10,15-16H2,1-7H3,(H,31,34)/t23-,24-/m0/s1. The fourth-order valence-corrected chi connectivity index (χ4v) is 5.08. The molecule has 3 aliphatic heterocycles. The molecule has 1 N–H and O–H groups in total. The van der Waals surface area contributed by atoms with Gasteiger partial charge in [0.2, 0.25) is 5.91 Å². The molecule has 0 radical (unpaired) electrons. The Hall–Kier alpha value is -2.65. The molecule has 2 fully saturated rings. The highest BCUT2D eigenvalue weighted by molar-refractivity contribution is 6.62. The lowest BCUT2D eigenvalue weighted by Gasteiger charge is -2.39. The Bertz CT molecular complexity index is 1060. The van der Waals surface area contributed by atoms with E-state index in [4.69, 9.17) is 19.0 Å². The molecular weight excluding hydrogens is 469 g/mol. The summed E-state index contributed by atoms with van der Waals surface area (Å²) in [6.45, 7) is 12.7. The van der Waals surface area contributed by atoms with E-state index in [9.17, 15) is 9.59 Å². The van der Waals surface area contributed by atoms with Crippen LogP contribution in [0.4, 0.5) is 4.79 Å². The molecule has 3 aliphatic rings. The molecule has 0 aliphatic carbocycles. The van der Waals surface area contributed by atoms with Gasteiger partial charge < -0.3 is 24.3 Å². The Kier molecular flexibility index (Phi) is 7.86. The summed E-state index contributed by atoms with van der Waals surface area (Å²) in [4.78, 5) is 32.1. The van der Waals surface area contributed by atoms with Crippen LogP contribution in [0.5, 0.6) is 0 Å². The number of ether oxygens (including phenoxy) is 1. The first-order valence-corrected chi connectivity index (χ1v) is 13.3. The summed E-state index contributed by atoms with van der Waals surface area (Å²) in [6.07, 6.45) is 4.88. The number of benzene rings is 1. The molecule has 0 unspecified atom stereocenters. The van der Waals surface area contributed by atoms with Gasteiger partial charge in [-0.05, 0) is 69.5 Å². The van der Waals surface area contributed by atoms with Crippen molar-refractivity contribution in [3.63, 3.8) is 0 Å². The molecule has 37 heavy (non-hydrogen) atoms. The van der Waals surface area contributed by atoms with Crippen molar-refractivity contribution in [3.05, 3.63) is 36.0 Å². The smallest absolute Gasteiger partial charge is 0.453 e. The van der Waals surface area contributed by atoms with Gasteiger partial charge in [0.25, 0.3) is 0 Å². The largest absolute Gasteiger partial charge is 0.494 e. The van der Waals surface area contributed by atoms with Crippen LogP contribution in [0, 0.1) is 5.92 Å². The summed E-state index contributed by atoms with van der Waals surface area (Å²) in [5, 5.41) is 2.72. The number of rotatable bonds is 6. The highest BCUT2D eigenvalue weighted by Gasteiger charge is 2.51. The maximum absolute atomic E-state index is 13.5. The SMILES string of the molecule is COC(=O)N[C@H](C(=O)N1CCCC[C@H]1C1=NC=C(c2ccc(B3OC(C)(C)C(C)(C)O3)cc2)C1)C(C)C. The van der Waals surface area contributed by atoms with Crippen molar-refractivity contribution in [3.8, 4) is 0 Å². The van der Waals surface area contributed by atoms with Gasteiger partial charge in [-0.25, -0.2) is 4.79 Å². The molecule has 9 heteroatoms. The first kappa shape index (κ1) is 27.4. The zero-order valence-corrected chi connectivity index (χ0v) is 23.2. The van der Waals surface area contributed by atoms with Gasteiger partial charge in [-0.15, -0.1) is 0 Å². The molecule has 1 aromatic rings. The van der Waals surface area contributed by atoms with Crippen molar-refractivity contribution < 1.29 is 23.6 Å². The monoisotopic (exact) mass is 509 g/mol. The zero-order valence-electron chi connectivity index (χ0n) is 23.2. The highest BCUT2D eigenvalue weighted by atomic mass is 16.7. The number of nitrogens with zero attached hydrogens (tertiary/aromatic N) is 2. The van der Waals surface area contributed by atoms with Crippen LogP contribution in [0.3, 0.4) is 0 Å². The molecule has 2 amide bonds. The van der Waals surface area contributed by atoms with Crippen molar-refractivity contribution in [2.45, 2.75) is 90.5 Å². The van der Waals surface area contributed by atoms with Crippen LogP contribution in [0.1, 0.15) is 72.8 Å². The van der Waals surface area contributed by atoms with Gasteiger partial charge in [0.05, 0.1) is 24.4 Å². The summed E-state index contributed by atoms with van der Waals surface area (Å²) < 4.78 is 17.1. The molecule has 0 aromatic heterocycles. The van der Waals surface area contributed by atoms with Gasteiger partial charge in [-0.2, -0.15) is 0 Å². The highest BCUT2D eigenvalue weighted by Crippen LogP contribution is 2.36. The second kappa shape index (κ2) is 10.6. The number of hydrogen-bond acceptors (Lipinski definition) is 6.